The Kier molecular flexibility index (Phi) is 5.26. The largest absolute Gasteiger partial charge is 0.441 e. The van der Waals surface area contributed by atoms with Crippen molar-refractivity contribution >= 4 is 29.1 Å². The third kappa shape index (κ3) is 4.25. The molecule has 0 saturated carbocycles. The Bertz CT molecular complexity index is 689. The molecule has 1 heterocycles. The van der Waals surface area contributed by atoms with Gasteiger partial charge < -0.3 is 9.73 Å². The number of terminal acetylenes is 1. The van der Waals surface area contributed by atoms with Crippen LogP contribution in [0.15, 0.2) is 28.8 Å². The Morgan fingerprint density at radius 3 is 2.95 bits per heavy atom. The van der Waals surface area contributed by atoms with Crippen LogP contribution in [0.3, 0.4) is 0 Å². The van der Waals surface area contributed by atoms with E-state index in [9.17, 15) is 4.79 Å². The van der Waals surface area contributed by atoms with Crippen molar-refractivity contribution in [2.24, 2.45) is 0 Å². The summed E-state index contributed by atoms with van der Waals surface area (Å²) in [5, 5.41) is 3.61. The lowest BCUT2D eigenvalue weighted by Gasteiger charge is -2.01. The first-order chi connectivity index (χ1) is 10.1. The van der Waals surface area contributed by atoms with E-state index < -0.39 is 0 Å². The summed E-state index contributed by atoms with van der Waals surface area (Å²) in [6.45, 7) is 0.218. The maximum atomic E-state index is 11.4. The van der Waals surface area contributed by atoms with Crippen molar-refractivity contribution in [2.75, 3.05) is 6.54 Å². The molecule has 0 aliphatic rings. The predicted octanol–water partition coefficient (Wildman–Crippen LogP) is 3.33. The number of nitrogens with one attached hydrogen (secondary N) is 1. The normalized spacial score (nSPS) is 10.1. The van der Waals surface area contributed by atoms with Gasteiger partial charge in [0.25, 0.3) is 0 Å². The zero-order valence-corrected chi connectivity index (χ0v) is 12.5. The Balaban J connectivity index is 2.01. The third-order valence-corrected chi connectivity index (χ3v) is 3.25. The Morgan fingerprint density at radius 2 is 2.24 bits per heavy atom. The van der Waals surface area contributed by atoms with Crippen LogP contribution in [-0.4, -0.2) is 17.4 Å². The molecule has 6 heteroatoms. The van der Waals surface area contributed by atoms with Gasteiger partial charge in [-0.25, -0.2) is 4.98 Å². The number of rotatable bonds is 5. The van der Waals surface area contributed by atoms with E-state index in [2.05, 4.69) is 16.2 Å². The van der Waals surface area contributed by atoms with Crippen LogP contribution in [-0.2, 0) is 11.2 Å². The average Bonchev–Trinajstić information content (AvgIpc) is 2.91. The molecule has 0 bridgehead atoms. The summed E-state index contributed by atoms with van der Waals surface area (Å²) in [6, 6.07) is 5.11. The molecule has 2 rings (SSSR count). The number of halogens is 2. The second-order valence-corrected chi connectivity index (χ2v) is 5.07. The first kappa shape index (κ1) is 15.4. The minimum Gasteiger partial charge on any atom is -0.441 e. The number of hydrogen-bond acceptors (Lipinski definition) is 3. The van der Waals surface area contributed by atoms with E-state index in [1.807, 2.05) is 0 Å². The molecule has 21 heavy (non-hydrogen) atoms. The minimum absolute atomic E-state index is 0.141. The fourth-order valence-electron chi connectivity index (χ4n) is 1.70. The lowest BCUT2D eigenvalue weighted by Crippen LogP contribution is -2.23. The van der Waals surface area contributed by atoms with Crippen LogP contribution in [0.4, 0.5) is 0 Å². The summed E-state index contributed by atoms with van der Waals surface area (Å²) in [6.07, 6.45) is 7.28. The van der Waals surface area contributed by atoms with Crippen LogP contribution in [0.2, 0.25) is 10.0 Å². The van der Waals surface area contributed by atoms with E-state index in [4.69, 9.17) is 34.0 Å². The molecule has 108 valence electrons. The molecule has 0 saturated heterocycles. The molecule has 0 aliphatic heterocycles. The molecule has 1 amide bonds. The first-order valence-corrected chi connectivity index (χ1v) is 6.96. The van der Waals surface area contributed by atoms with E-state index in [-0.39, 0.29) is 18.9 Å². The van der Waals surface area contributed by atoms with Crippen LogP contribution in [0.5, 0.6) is 0 Å². The molecule has 2 aromatic rings. The number of carbonyl (C=O) groups excluding carboxylic acids is 1. The molecule has 0 spiro atoms. The second kappa shape index (κ2) is 7.16. The maximum absolute atomic E-state index is 11.4. The van der Waals surface area contributed by atoms with Crippen LogP contribution in [0.1, 0.15) is 12.3 Å². The van der Waals surface area contributed by atoms with Crippen LogP contribution in [0, 0.1) is 12.3 Å². The fraction of sp³-hybridized carbons (Fsp3) is 0.200. The van der Waals surface area contributed by atoms with Gasteiger partial charge in [-0.3, -0.25) is 4.79 Å². The molecule has 0 atom stereocenters. The summed E-state index contributed by atoms with van der Waals surface area (Å²) >= 11 is 11.9. The van der Waals surface area contributed by atoms with Crippen molar-refractivity contribution in [3.63, 3.8) is 0 Å². The zero-order chi connectivity index (χ0) is 15.2. The van der Waals surface area contributed by atoms with Crippen molar-refractivity contribution in [3.8, 4) is 23.7 Å². The van der Waals surface area contributed by atoms with Gasteiger partial charge in [-0.2, -0.15) is 0 Å². The number of nitrogens with zero attached hydrogens (tertiary/aromatic N) is 1. The van der Waals surface area contributed by atoms with Crippen molar-refractivity contribution in [3.05, 3.63) is 40.3 Å². The molecule has 0 aliphatic carbocycles. The van der Waals surface area contributed by atoms with E-state index in [0.29, 0.717) is 33.7 Å². The average molecular weight is 323 g/mol. The van der Waals surface area contributed by atoms with Gasteiger partial charge >= 0.3 is 0 Å². The lowest BCUT2D eigenvalue weighted by atomic mass is 10.2. The highest BCUT2D eigenvalue weighted by Crippen LogP contribution is 2.30. The number of amides is 1. The number of oxazole rings is 1. The molecular formula is C15H12Cl2N2O2. The van der Waals surface area contributed by atoms with E-state index in [0.717, 1.165) is 0 Å². The van der Waals surface area contributed by atoms with Gasteiger partial charge in [-0.15, -0.1) is 6.42 Å². The standard InChI is InChI=1S/C15H12Cl2N2O2/c1-2-7-18-14(20)5-6-15-19-9-13(21-15)11-4-3-10(16)8-12(11)17/h1,3-4,8-9H,5-7H2,(H,18,20). The molecule has 0 unspecified atom stereocenters. The molecule has 1 N–H and O–H groups in total. The smallest absolute Gasteiger partial charge is 0.221 e. The molecule has 1 aromatic heterocycles. The molecule has 4 nitrogen and oxygen atoms in total. The summed E-state index contributed by atoms with van der Waals surface area (Å²) in [7, 11) is 0. The van der Waals surface area contributed by atoms with Crippen LogP contribution >= 0.6 is 23.2 Å². The Morgan fingerprint density at radius 1 is 1.43 bits per heavy atom. The van der Waals surface area contributed by atoms with Crippen molar-refractivity contribution < 1.29 is 9.21 Å². The fourth-order valence-corrected chi connectivity index (χ4v) is 2.20. The van der Waals surface area contributed by atoms with Gasteiger partial charge in [0.15, 0.2) is 11.7 Å². The van der Waals surface area contributed by atoms with Gasteiger partial charge in [0.2, 0.25) is 5.91 Å². The van der Waals surface area contributed by atoms with Gasteiger partial charge in [-0.05, 0) is 18.2 Å². The maximum Gasteiger partial charge on any atom is 0.221 e. The summed E-state index contributed by atoms with van der Waals surface area (Å²) in [5.74, 6) is 3.20. The van der Waals surface area contributed by atoms with Gasteiger partial charge in [0.1, 0.15) is 0 Å². The highest BCUT2D eigenvalue weighted by atomic mass is 35.5. The molecule has 0 fully saturated rings. The van der Waals surface area contributed by atoms with E-state index in [1.54, 1.807) is 24.4 Å². The summed E-state index contributed by atoms with van der Waals surface area (Å²) < 4.78 is 5.59. The highest BCUT2D eigenvalue weighted by molar-refractivity contribution is 6.36. The van der Waals surface area contributed by atoms with Crippen LogP contribution < -0.4 is 5.32 Å². The minimum atomic E-state index is -0.141. The van der Waals surface area contributed by atoms with Crippen LogP contribution in [0.25, 0.3) is 11.3 Å². The van der Waals surface area contributed by atoms with Crippen molar-refractivity contribution in [1.29, 1.82) is 0 Å². The van der Waals surface area contributed by atoms with Crippen molar-refractivity contribution in [2.45, 2.75) is 12.8 Å². The second-order valence-electron chi connectivity index (χ2n) is 4.22. The zero-order valence-electron chi connectivity index (χ0n) is 11.0. The Labute approximate surface area is 132 Å². The Hall–Kier alpha value is -1.96. The SMILES string of the molecule is C#CCNC(=O)CCc1ncc(-c2ccc(Cl)cc2Cl)o1. The molecular weight excluding hydrogens is 311 g/mol. The monoisotopic (exact) mass is 322 g/mol. The van der Waals surface area contributed by atoms with Crippen molar-refractivity contribution in [1.82, 2.24) is 10.3 Å². The highest BCUT2D eigenvalue weighted by Gasteiger charge is 2.11. The number of hydrogen-bond donors (Lipinski definition) is 1. The topological polar surface area (TPSA) is 55.1 Å². The number of aromatic nitrogens is 1. The van der Waals surface area contributed by atoms with Gasteiger partial charge in [-0.1, -0.05) is 29.1 Å². The van der Waals surface area contributed by atoms with Gasteiger partial charge in [0.05, 0.1) is 17.8 Å². The van der Waals surface area contributed by atoms with E-state index >= 15 is 0 Å². The summed E-state index contributed by atoms with van der Waals surface area (Å²) in [4.78, 5) is 15.6. The number of benzene rings is 1. The number of aryl methyl sites for hydroxylation is 1. The quantitative estimate of drug-likeness (QED) is 0.859. The number of carbonyl (C=O) groups is 1. The lowest BCUT2D eigenvalue weighted by molar-refractivity contribution is -0.120. The van der Waals surface area contributed by atoms with E-state index in [1.165, 1.54) is 0 Å². The third-order valence-electron chi connectivity index (χ3n) is 2.70. The first-order valence-electron chi connectivity index (χ1n) is 6.20. The van der Waals surface area contributed by atoms with Gasteiger partial charge in [0, 0.05) is 23.4 Å². The molecule has 1 aromatic carbocycles. The summed E-state index contributed by atoms with van der Waals surface area (Å²) in [5.41, 5.74) is 0.705. The predicted molar refractivity (Wildman–Crippen MR) is 82.1 cm³/mol. The molecule has 0 radical (unpaired) electrons.